The lowest BCUT2D eigenvalue weighted by molar-refractivity contribution is -0.142. The van der Waals surface area contributed by atoms with Gasteiger partial charge in [-0.2, -0.15) is 0 Å². The van der Waals surface area contributed by atoms with Crippen LogP contribution in [0.1, 0.15) is 57.4 Å². The van der Waals surface area contributed by atoms with Gasteiger partial charge in [-0.25, -0.2) is 0 Å². The van der Waals surface area contributed by atoms with Crippen LogP contribution in [0.2, 0.25) is 0 Å². The Morgan fingerprint density at radius 2 is 1.92 bits per heavy atom. The molecule has 1 aliphatic carbocycles. The average molecular weight is 354 g/mol. The summed E-state index contributed by atoms with van der Waals surface area (Å²) in [6.45, 7) is 3.28. The van der Waals surface area contributed by atoms with E-state index in [0.29, 0.717) is 28.8 Å². The predicted molar refractivity (Wildman–Crippen MR) is 96.6 cm³/mol. The monoisotopic (exact) mass is 354 g/mol. The number of amides is 1. The number of H-pyrrole nitrogens is 1. The van der Waals surface area contributed by atoms with Crippen LogP contribution in [0.15, 0.2) is 30.3 Å². The summed E-state index contributed by atoms with van der Waals surface area (Å²) >= 11 is 0. The molecule has 0 saturated heterocycles. The molecule has 2 aromatic rings. The average Bonchev–Trinajstić information content (AvgIpc) is 2.98. The molecule has 3 rings (SSSR count). The number of aromatic nitrogens is 1. The van der Waals surface area contributed by atoms with E-state index >= 15 is 0 Å². The van der Waals surface area contributed by atoms with Gasteiger partial charge in [-0.15, -0.1) is 0 Å². The first kappa shape index (κ1) is 17.9. The van der Waals surface area contributed by atoms with Crippen LogP contribution in [0, 0.1) is 6.92 Å². The Hall–Kier alpha value is -2.89. The van der Waals surface area contributed by atoms with Gasteiger partial charge < -0.3 is 15.4 Å². The Kier molecular flexibility index (Phi) is 4.68. The van der Waals surface area contributed by atoms with Crippen molar-refractivity contribution in [3.8, 4) is 0 Å². The molecule has 3 N–H and O–H groups in total. The van der Waals surface area contributed by atoms with Gasteiger partial charge in [-0.1, -0.05) is 30.3 Å². The molecule has 6 nitrogen and oxygen atoms in total. The minimum atomic E-state index is -1.24. The molecule has 1 unspecified atom stereocenters. The van der Waals surface area contributed by atoms with Crippen molar-refractivity contribution in [1.29, 1.82) is 0 Å². The van der Waals surface area contributed by atoms with E-state index < -0.39 is 17.3 Å². The minimum Gasteiger partial charge on any atom is -0.481 e. The van der Waals surface area contributed by atoms with Gasteiger partial charge in [-0.3, -0.25) is 14.4 Å². The fourth-order valence-corrected chi connectivity index (χ4v) is 3.45. The predicted octanol–water partition coefficient (Wildman–Crippen LogP) is 2.61. The summed E-state index contributed by atoms with van der Waals surface area (Å²) in [5.74, 6) is -1.35. The highest BCUT2D eigenvalue weighted by molar-refractivity contribution is 6.04. The minimum absolute atomic E-state index is 0.0533. The highest BCUT2D eigenvalue weighted by atomic mass is 16.4. The van der Waals surface area contributed by atoms with E-state index in [4.69, 9.17) is 0 Å². The van der Waals surface area contributed by atoms with E-state index in [1.54, 1.807) is 38.1 Å². The zero-order valence-electron chi connectivity index (χ0n) is 14.9. The van der Waals surface area contributed by atoms with Crippen molar-refractivity contribution in [1.82, 2.24) is 10.3 Å². The molecule has 0 spiro atoms. The molecule has 1 aliphatic rings. The standard InChI is InChI=1S/C20H22N2O4/c1-12-16-14(9-6-10-15(16)23)22-17(12)18(24)21-11-20(2,19(25)26)13-7-4-3-5-8-13/h3-5,7-8,22H,6,9-11H2,1-2H3,(H,21,24)(H,25,26). The van der Waals surface area contributed by atoms with Crippen molar-refractivity contribution in [2.24, 2.45) is 0 Å². The number of carbonyl (C=O) groups excluding carboxylic acids is 2. The Balaban J connectivity index is 1.82. The first-order valence-electron chi connectivity index (χ1n) is 8.66. The molecule has 1 amide bonds. The highest BCUT2D eigenvalue weighted by Crippen LogP contribution is 2.27. The van der Waals surface area contributed by atoms with Crippen LogP contribution in [-0.4, -0.2) is 34.3 Å². The molecule has 6 heteroatoms. The van der Waals surface area contributed by atoms with Crippen LogP contribution >= 0.6 is 0 Å². The van der Waals surface area contributed by atoms with Crippen molar-refractivity contribution < 1.29 is 19.5 Å². The number of carboxylic acid groups (broad SMARTS) is 1. The van der Waals surface area contributed by atoms with Gasteiger partial charge in [0.05, 0.1) is 0 Å². The van der Waals surface area contributed by atoms with Crippen molar-refractivity contribution in [2.75, 3.05) is 6.54 Å². The summed E-state index contributed by atoms with van der Waals surface area (Å²) < 4.78 is 0. The number of carboxylic acids is 1. The highest BCUT2D eigenvalue weighted by Gasteiger charge is 2.36. The number of rotatable bonds is 5. The molecular weight excluding hydrogens is 332 g/mol. The zero-order valence-corrected chi connectivity index (χ0v) is 14.9. The third kappa shape index (κ3) is 3.03. The summed E-state index contributed by atoms with van der Waals surface area (Å²) in [6, 6.07) is 8.82. The number of hydrogen-bond donors (Lipinski definition) is 3. The van der Waals surface area contributed by atoms with Crippen LogP contribution < -0.4 is 5.32 Å². The second-order valence-electron chi connectivity index (χ2n) is 6.94. The van der Waals surface area contributed by atoms with Gasteiger partial charge in [0, 0.05) is 24.2 Å². The molecule has 0 fully saturated rings. The van der Waals surface area contributed by atoms with Crippen LogP contribution in [0.5, 0.6) is 0 Å². The fraction of sp³-hybridized carbons (Fsp3) is 0.350. The Morgan fingerprint density at radius 3 is 2.54 bits per heavy atom. The number of nitrogens with one attached hydrogen (secondary N) is 2. The fourth-order valence-electron chi connectivity index (χ4n) is 3.45. The number of carbonyl (C=O) groups is 3. The molecule has 0 aliphatic heterocycles. The summed E-state index contributed by atoms with van der Waals surface area (Å²) in [5, 5.41) is 12.4. The van der Waals surface area contributed by atoms with Crippen molar-refractivity contribution >= 4 is 17.7 Å². The first-order chi connectivity index (χ1) is 12.3. The van der Waals surface area contributed by atoms with Gasteiger partial charge in [0.25, 0.3) is 5.91 Å². The summed E-state index contributed by atoms with van der Waals surface area (Å²) in [4.78, 5) is 39.6. The van der Waals surface area contributed by atoms with E-state index in [-0.39, 0.29) is 12.3 Å². The Morgan fingerprint density at radius 1 is 1.23 bits per heavy atom. The smallest absolute Gasteiger partial charge is 0.315 e. The van der Waals surface area contributed by atoms with Crippen LogP contribution in [0.3, 0.4) is 0 Å². The van der Waals surface area contributed by atoms with Gasteiger partial charge in [0.15, 0.2) is 5.78 Å². The molecule has 1 heterocycles. The van der Waals surface area contributed by atoms with Gasteiger partial charge in [-0.05, 0) is 37.8 Å². The van der Waals surface area contributed by atoms with Crippen molar-refractivity contribution in [2.45, 2.75) is 38.5 Å². The maximum Gasteiger partial charge on any atom is 0.315 e. The number of benzene rings is 1. The molecule has 136 valence electrons. The maximum absolute atomic E-state index is 12.6. The van der Waals surface area contributed by atoms with Gasteiger partial charge >= 0.3 is 5.97 Å². The van der Waals surface area contributed by atoms with Gasteiger partial charge in [0.2, 0.25) is 0 Å². The Bertz CT molecular complexity index is 869. The van der Waals surface area contributed by atoms with Crippen molar-refractivity contribution in [3.05, 3.63) is 58.4 Å². The van der Waals surface area contributed by atoms with E-state index in [1.165, 1.54) is 0 Å². The number of aliphatic carboxylic acids is 1. The molecule has 0 saturated carbocycles. The van der Waals surface area contributed by atoms with E-state index in [9.17, 15) is 19.5 Å². The maximum atomic E-state index is 12.6. The van der Waals surface area contributed by atoms with E-state index in [1.807, 2.05) is 6.07 Å². The number of ketones is 1. The largest absolute Gasteiger partial charge is 0.481 e. The first-order valence-corrected chi connectivity index (χ1v) is 8.66. The number of Topliss-reactive ketones (excluding diaryl/α,β-unsaturated/α-hetero) is 1. The second-order valence-corrected chi connectivity index (χ2v) is 6.94. The third-order valence-electron chi connectivity index (χ3n) is 5.15. The molecule has 0 radical (unpaired) electrons. The van der Waals surface area contributed by atoms with E-state index in [0.717, 1.165) is 18.5 Å². The summed E-state index contributed by atoms with van der Waals surface area (Å²) in [6.07, 6.45) is 2.02. The number of aromatic amines is 1. The molecular formula is C20H22N2O4. The number of fused-ring (bicyclic) bond motifs is 1. The molecule has 0 bridgehead atoms. The topological polar surface area (TPSA) is 99.3 Å². The SMILES string of the molecule is Cc1c(C(=O)NCC(C)(C(=O)O)c2ccccc2)[nH]c2c1C(=O)CCC2. The van der Waals surface area contributed by atoms with Crippen LogP contribution in [-0.2, 0) is 16.6 Å². The number of aryl methyl sites for hydroxylation is 1. The summed E-state index contributed by atoms with van der Waals surface area (Å²) in [5.41, 5.74) is 1.77. The lowest BCUT2D eigenvalue weighted by atomic mass is 9.82. The van der Waals surface area contributed by atoms with Crippen LogP contribution in [0.25, 0.3) is 0 Å². The van der Waals surface area contributed by atoms with E-state index in [2.05, 4.69) is 10.3 Å². The molecule has 1 atom stereocenters. The second kappa shape index (κ2) is 6.78. The van der Waals surface area contributed by atoms with Crippen LogP contribution in [0.4, 0.5) is 0 Å². The lowest BCUT2D eigenvalue weighted by Gasteiger charge is -2.25. The summed E-state index contributed by atoms with van der Waals surface area (Å²) in [7, 11) is 0. The van der Waals surface area contributed by atoms with Crippen molar-refractivity contribution in [3.63, 3.8) is 0 Å². The quantitative estimate of drug-likeness (QED) is 0.768. The Labute approximate surface area is 151 Å². The molecule has 1 aromatic carbocycles. The van der Waals surface area contributed by atoms with Gasteiger partial charge in [0.1, 0.15) is 11.1 Å². The molecule has 1 aromatic heterocycles. The number of hydrogen-bond acceptors (Lipinski definition) is 3. The molecule has 26 heavy (non-hydrogen) atoms. The lowest BCUT2D eigenvalue weighted by Crippen LogP contribution is -2.44. The zero-order chi connectivity index (χ0) is 18.9. The third-order valence-corrected chi connectivity index (χ3v) is 5.15. The normalized spacial score (nSPS) is 15.8.